The van der Waals surface area contributed by atoms with Crippen LogP contribution >= 0.6 is 27.5 Å². The van der Waals surface area contributed by atoms with Crippen LogP contribution in [0.15, 0.2) is 33.8 Å². The Kier molecular flexibility index (Phi) is 9.38. The van der Waals surface area contributed by atoms with E-state index in [0.717, 1.165) is 10.0 Å². The van der Waals surface area contributed by atoms with Gasteiger partial charge in [0.05, 0.1) is 39.3 Å². The van der Waals surface area contributed by atoms with Crippen molar-refractivity contribution in [3.63, 3.8) is 0 Å². The fourth-order valence-corrected chi connectivity index (χ4v) is 4.34. The maximum absolute atomic E-state index is 11.5. The summed E-state index contributed by atoms with van der Waals surface area (Å²) in [6.07, 6.45) is 1.53. The quantitative estimate of drug-likeness (QED) is 0.151. The molecule has 3 aromatic rings. The molecule has 39 heavy (non-hydrogen) atoms. The highest BCUT2D eigenvalue weighted by Gasteiger charge is 2.18. The van der Waals surface area contributed by atoms with E-state index in [0.29, 0.717) is 66.0 Å². The van der Waals surface area contributed by atoms with Gasteiger partial charge < -0.3 is 29.2 Å². The van der Waals surface area contributed by atoms with Gasteiger partial charge in [-0.1, -0.05) is 11.6 Å². The molecule has 206 valence electrons. The molecule has 0 bridgehead atoms. The molecule has 2 aromatic carbocycles. The molecule has 12 nitrogen and oxygen atoms in total. The molecule has 1 saturated heterocycles. The normalized spacial score (nSPS) is 13.3. The van der Waals surface area contributed by atoms with Crippen molar-refractivity contribution in [1.29, 1.82) is 0 Å². The number of ether oxygens (including phenoxy) is 4. The highest BCUT2D eigenvalue weighted by molar-refractivity contribution is 9.10. The van der Waals surface area contributed by atoms with E-state index in [2.05, 4.69) is 46.7 Å². The van der Waals surface area contributed by atoms with Crippen LogP contribution in [-0.2, 0) is 9.53 Å². The predicted octanol–water partition coefficient (Wildman–Crippen LogP) is 4.56. The lowest BCUT2D eigenvalue weighted by Crippen LogP contribution is -2.37. The summed E-state index contributed by atoms with van der Waals surface area (Å²) in [6, 6.07) is 7.02. The maximum atomic E-state index is 11.5. The van der Waals surface area contributed by atoms with Crippen molar-refractivity contribution in [3.05, 3.63) is 44.9 Å². The largest absolute Gasteiger partial charge is 0.493 e. The number of anilines is 4. The summed E-state index contributed by atoms with van der Waals surface area (Å²) in [5.41, 5.74) is 5.11. The van der Waals surface area contributed by atoms with E-state index in [1.807, 2.05) is 17.9 Å². The number of nitrogens with one attached hydrogen (secondary N) is 2. The van der Waals surface area contributed by atoms with Gasteiger partial charge >= 0.3 is 5.97 Å². The minimum Gasteiger partial charge on any atom is -0.493 e. The molecule has 0 atom stereocenters. The van der Waals surface area contributed by atoms with Gasteiger partial charge in [-0.2, -0.15) is 20.1 Å². The van der Waals surface area contributed by atoms with Gasteiger partial charge in [0.15, 0.2) is 11.5 Å². The average molecular weight is 621 g/mol. The van der Waals surface area contributed by atoms with E-state index < -0.39 is 5.97 Å². The van der Waals surface area contributed by atoms with Gasteiger partial charge in [-0.25, -0.2) is 5.43 Å². The van der Waals surface area contributed by atoms with Crippen LogP contribution in [0.4, 0.5) is 23.5 Å². The number of esters is 1. The first-order valence-corrected chi connectivity index (χ1v) is 13.0. The lowest BCUT2D eigenvalue weighted by atomic mass is 10.2. The molecule has 2 N–H and O–H groups in total. The second-order valence-corrected chi connectivity index (χ2v) is 9.57. The number of carbonyl (C=O) groups is 1. The number of hydrogen-bond donors (Lipinski definition) is 2. The number of nitrogens with zero attached hydrogens (tertiary/aromatic N) is 5. The standard InChI is InChI=1S/C25H27BrClN7O5/c1-14-9-17(26)19(12-18(14)27)29-23-30-24(32-25(31-23)34-5-7-38-8-6-34)33-28-13-16-10-20(36-3)22(39-15(2)35)21(11-16)37-4/h9-13H,5-8H2,1-4H3,(H2,29,30,31,32,33)/b28-13+. The summed E-state index contributed by atoms with van der Waals surface area (Å²) >= 11 is 9.89. The summed E-state index contributed by atoms with van der Waals surface area (Å²) in [5, 5.41) is 8.09. The van der Waals surface area contributed by atoms with Crippen LogP contribution in [0.5, 0.6) is 17.2 Å². The number of benzene rings is 2. The van der Waals surface area contributed by atoms with Crippen molar-refractivity contribution in [3.8, 4) is 17.2 Å². The number of aromatic nitrogens is 3. The number of hydrazone groups is 1. The van der Waals surface area contributed by atoms with E-state index >= 15 is 0 Å². The first-order valence-electron chi connectivity index (χ1n) is 11.8. The van der Waals surface area contributed by atoms with Crippen LogP contribution in [0.1, 0.15) is 18.1 Å². The molecule has 1 aliphatic rings. The fourth-order valence-electron chi connectivity index (χ4n) is 3.62. The zero-order valence-electron chi connectivity index (χ0n) is 21.7. The minimum absolute atomic E-state index is 0.184. The van der Waals surface area contributed by atoms with Gasteiger partial charge in [-0.3, -0.25) is 4.79 Å². The third-order valence-electron chi connectivity index (χ3n) is 5.52. The molecule has 0 saturated carbocycles. The minimum atomic E-state index is -0.495. The second kappa shape index (κ2) is 12.9. The van der Waals surface area contributed by atoms with Crippen molar-refractivity contribution >= 4 is 63.2 Å². The molecule has 0 radical (unpaired) electrons. The van der Waals surface area contributed by atoms with Gasteiger partial charge in [0.2, 0.25) is 23.6 Å². The van der Waals surface area contributed by atoms with Gasteiger partial charge in [0.25, 0.3) is 0 Å². The van der Waals surface area contributed by atoms with Crippen molar-refractivity contribution in [2.45, 2.75) is 13.8 Å². The molecule has 14 heteroatoms. The Labute approximate surface area is 238 Å². The van der Waals surface area contributed by atoms with Crippen LogP contribution in [0.3, 0.4) is 0 Å². The van der Waals surface area contributed by atoms with E-state index in [4.69, 9.17) is 30.5 Å². The first kappa shape index (κ1) is 28.3. The molecule has 0 unspecified atom stereocenters. The zero-order valence-corrected chi connectivity index (χ0v) is 24.1. The highest BCUT2D eigenvalue weighted by atomic mass is 79.9. The molecular formula is C25H27BrClN7O5. The number of rotatable bonds is 9. The second-order valence-electron chi connectivity index (χ2n) is 8.31. The Morgan fingerprint density at radius 1 is 1.10 bits per heavy atom. The summed E-state index contributed by atoms with van der Waals surface area (Å²) in [4.78, 5) is 27.1. The molecule has 1 fully saturated rings. The van der Waals surface area contributed by atoms with E-state index in [1.165, 1.54) is 27.4 Å². The van der Waals surface area contributed by atoms with Gasteiger partial charge in [-0.05, 0) is 52.7 Å². The summed E-state index contributed by atoms with van der Waals surface area (Å²) in [5.74, 6) is 1.31. The Hall–Kier alpha value is -3.68. The summed E-state index contributed by atoms with van der Waals surface area (Å²) < 4.78 is 22.2. The van der Waals surface area contributed by atoms with Gasteiger partial charge in [-0.15, -0.1) is 0 Å². The topological polar surface area (TPSA) is 132 Å². The number of aryl methyl sites for hydroxylation is 1. The van der Waals surface area contributed by atoms with Crippen molar-refractivity contribution in [1.82, 2.24) is 15.0 Å². The number of carbonyl (C=O) groups excluding carboxylic acids is 1. The monoisotopic (exact) mass is 619 g/mol. The van der Waals surface area contributed by atoms with Crippen molar-refractivity contribution < 1.29 is 23.7 Å². The Morgan fingerprint density at radius 3 is 2.41 bits per heavy atom. The van der Waals surface area contributed by atoms with Gasteiger partial charge in [0.1, 0.15) is 0 Å². The lowest BCUT2D eigenvalue weighted by Gasteiger charge is -2.27. The lowest BCUT2D eigenvalue weighted by molar-refractivity contribution is -0.132. The first-order chi connectivity index (χ1) is 18.8. The number of halogens is 2. The van der Waals surface area contributed by atoms with Crippen molar-refractivity contribution in [2.75, 3.05) is 56.2 Å². The van der Waals surface area contributed by atoms with Crippen LogP contribution in [0.2, 0.25) is 5.02 Å². The van der Waals surface area contributed by atoms with Gasteiger partial charge in [0, 0.05) is 35.1 Å². The molecule has 1 aliphatic heterocycles. The fraction of sp³-hybridized carbons (Fsp3) is 0.320. The van der Waals surface area contributed by atoms with E-state index in [-0.39, 0.29) is 11.7 Å². The van der Waals surface area contributed by atoms with Crippen molar-refractivity contribution in [2.24, 2.45) is 5.10 Å². The summed E-state index contributed by atoms with van der Waals surface area (Å²) in [7, 11) is 2.93. The number of morpholine rings is 1. The molecule has 1 aromatic heterocycles. The van der Waals surface area contributed by atoms with Crippen LogP contribution in [0.25, 0.3) is 0 Å². The molecular weight excluding hydrogens is 594 g/mol. The molecule has 2 heterocycles. The molecule has 4 rings (SSSR count). The summed E-state index contributed by atoms with van der Waals surface area (Å²) in [6.45, 7) is 5.64. The van der Waals surface area contributed by atoms with Crippen LogP contribution < -0.4 is 29.9 Å². The molecule has 0 aliphatic carbocycles. The Bertz CT molecular complexity index is 1360. The number of hydrogen-bond acceptors (Lipinski definition) is 12. The third kappa shape index (κ3) is 7.25. The van der Waals surface area contributed by atoms with E-state index in [9.17, 15) is 4.79 Å². The Balaban J connectivity index is 1.62. The predicted molar refractivity (Wildman–Crippen MR) is 152 cm³/mol. The Morgan fingerprint density at radius 2 is 1.77 bits per heavy atom. The van der Waals surface area contributed by atoms with E-state index in [1.54, 1.807) is 18.2 Å². The third-order valence-corrected chi connectivity index (χ3v) is 6.58. The molecule has 0 amide bonds. The zero-order chi connectivity index (χ0) is 27.9. The SMILES string of the molecule is COc1cc(/C=N/Nc2nc(Nc3cc(Cl)c(C)cc3Br)nc(N3CCOCC3)n2)cc(OC)c1OC(C)=O. The highest BCUT2D eigenvalue weighted by Crippen LogP contribution is 2.38. The van der Waals surface area contributed by atoms with Crippen LogP contribution in [-0.4, -0.2) is 67.7 Å². The maximum Gasteiger partial charge on any atom is 0.308 e. The average Bonchev–Trinajstić information content (AvgIpc) is 2.92. The molecule has 0 spiro atoms. The number of methoxy groups -OCH3 is 2. The smallest absolute Gasteiger partial charge is 0.308 e. The van der Waals surface area contributed by atoms with Crippen LogP contribution in [0, 0.1) is 6.92 Å².